The van der Waals surface area contributed by atoms with Crippen molar-refractivity contribution in [2.45, 2.75) is 33.6 Å². The number of carbonyl (C=O) groups is 2. The molecule has 0 aromatic carbocycles. The number of amides is 1. The number of hydrogen-bond acceptors (Lipinski definition) is 3. The average Bonchev–Trinajstić information content (AvgIpc) is 2.77. The van der Waals surface area contributed by atoms with Gasteiger partial charge in [-0.15, -0.1) is 11.8 Å². The maximum absolute atomic E-state index is 12.4. The van der Waals surface area contributed by atoms with Crippen molar-refractivity contribution in [2.24, 2.45) is 5.41 Å². The Labute approximate surface area is 100 Å². The summed E-state index contributed by atoms with van der Waals surface area (Å²) in [6, 6.07) is 0. The van der Waals surface area contributed by atoms with Gasteiger partial charge in [0.1, 0.15) is 5.41 Å². The summed E-state index contributed by atoms with van der Waals surface area (Å²) in [7, 11) is 0. The SMILES string of the molecule is CCC1(CC)C(=O)C(C)=C2SCCN2C1=O. The predicted octanol–water partition coefficient (Wildman–Crippen LogP) is 2.18. The number of carbonyl (C=O) groups excluding carboxylic acids is 2. The smallest absolute Gasteiger partial charge is 0.241 e. The number of thioether (sulfide) groups is 1. The van der Waals surface area contributed by atoms with Gasteiger partial charge >= 0.3 is 0 Å². The summed E-state index contributed by atoms with van der Waals surface area (Å²) in [6.45, 7) is 6.47. The lowest BCUT2D eigenvalue weighted by Crippen LogP contribution is -2.50. The fourth-order valence-corrected chi connectivity index (χ4v) is 3.71. The van der Waals surface area contributed by atoms with E-state index in [2.05, 4.69) is 0 Å². The van der Waals surface area contributed by atoms with Crippen molar-refractivity contribution in [3.8, 4) is 0 Å². The summed E-state index contributed by atoms with van der Waals surface area (Å²) in [5, 5.41) is 0.896. The molecule has 16 heavy (non-hydrogen) atoms. The summed E-state index contributed by atoms with van der Waals surface area (Å²) in [4.78, 5) is 26.6. The lowest BCUT2D eigenvalue weighted by Gasteiger charge is -2.38. The Bertz CT molecular complexity index is 382. The molecule has 2 aliphatic heterocycles. The highest BCUT2D eigenvalue weighted by Gasteiger charge is 2.51. The van der Waals surface area contributed by atoms with Crippen molar-refractivity contribution < 1.29 is 9.59 Å². The molecule has 0 aromatic rings. The van der Waals surface area contributed by atoms with Crippen molar-refractivity contribution in [1.82, 2.24) is 4.90 Å². The second kappa shape index (κ2) is 3.91. The lowest BCUT2D eigenvalue weighted by molar-refractivity contribution is -0.148. The Kier molecular flexibility index (Phi) is 2.86. The maximum Gasteiger partial charge on any atom is 0.241 e. The Morgan fingerprint density at radius 3 is 2.50 bits per heavy atom. The average molecular weight is 239 g/mol. The van der Waals surface area contributed by atoms with E-state index in [-0.39, 0.29) is 11.7 Å². The molecule has 2 aliphatic rings. The van der Waals surface area contributed by atoms with Gasteiger partial charge in [0, 0.05) is 17.9 Å². The minimum Gasteiger partial charge on any atom is -0.305 e. The van der Waals surface area contributed by atoms with Crippen LogP contribution in [0.15, 0.2) is 10.6 Å². The van der Waals surface area contributed by atoms with E-state index in [0.29, 0.717) is 12.8 Å². The Hall–Kier alpha value is -0.770. The van der Waals surface area contributed by atoms with Crippen LogP contribution >= 0.6 is 11.8 Å². The highest BCUT2D eigenvalue weighted by molar-refractivity contribution is 8.03. The van der Waals surface area contributed by atoms with Gasteiger partial charge in [0.2, 0.25) is 5.91 Å². The quantitative estimate of drug-likeness (QED) is 0.693. The van der Waals surface area contributed by atoms with Crippen LogP contribution in [0, 0.1) is 5.41 Å². The minimum atomic E-state index is -0.779. The molecular weight excluding hydrogens is 222 g/mol. The molecule has 2 heterocycles. The third kappa shape index (κ3) is 1.29. The van der Waals surface area contributed by atoms with Crippen molar-refractivity contribution in [3.05, 3.63) is 10.6 Å². The molecule has 0 aromatic heterocycles. The number of hydrogen-bond donors (Lipinski definition) is 0. The summed E-state index contributed by atoms with van der Waals surface area (Å²) >= 11 is 1.63. The van der Waals surface area contributed by atoms with E-state index in [1.807, 2.05) is 25.7 Å². The molecule has 1 amide bonds. The third-order valence-electron chi connectivity index (χ3n) is 3.76. The van der Waals surface area contributed by atoms with E-state index in [1.54, 1.807) is 11.8 Å². The van der Waals surface area contributed by atoms with Crippen LogP contribution in [0.3, 0.4) is 0 Å². The van der Waals surface area contributed by atoms with Crippen LogP contribution in [0.5, 0.6) is 0 Å². The van der Waals surface area contributed by atoms with Crippen LogP contribution in [-0.2, 0) is 9.59 Å². The fourth-order valence-electron chi connectivity index (χ4n) is 2.60. The number of allylic oxidation sites excluding steroid dienone is 1. The topological polar surface area (TPSA) is 37.4 Å². The van der Waals surface area contributed by atoms with Crippen LogP contribution in [-0.4, -0.2) is 28.9 Å². The minimum absolute atomic E-state index is 0.0214. The summed E-state index contributed by atoms with van der Waals surface area (Å²) in [6.07, 6.45) is 1.21. The molecule has 0 aliphatic carbocycles. The first-order valence-corrected chi connectivity index (χ1v) is 6.77. The van der Waals surface area contributed by atoms with Gasteiger partial charge in [-0.25, -0.2) is 0 Å². The third-order valence-corrected chi connectivity index (χ3v) is 4.94. The summed E-state index contributed by atoms with van der Waals surface area (Å²) < 4.78 is 0. The zero-order valence-corrected chi connectivity index (χ0v) is 10.8. The van der Waals surface area contributed by atoms with Crippen molar-refractivity contribution in [3.63, 3.8) is 0 Å². The summed E-state index contributed by atoms with van der Waals surface area (Å²) in [5.74, 6) is 0.978. The largest absolute Gasteiger partial charge is 0.305 e. The molecular formula is C12H17NO2S. The molecule has 2 rings (SSSR count). The van der Waals surface area contributed by atoms with Gasteiger partial charge in [-0.3, -0.25) is 9.59 Å². The second-order valence-electron chi connectivity index (χ2n) is 4.35. The lowest BCUT2D eigenvalue weighted by atomic mass is 9.73. The normalized spacial score (nSPS) is 24.1. The first-order valence-electron chi connectivity index (χ1n) is 5.79. The Morgan fingerprint density at radius 2 is 1.94 bits per heavy atom. The zero-order valence-electron chi connectivity index (χ0n) is 10.0. The van der Waals surface area contributed by atoms with Crippen molar-refractivity contribution in [1.29, 1.82) is 0 Å². The van der Waals surface area contributed by atoms with Crippen molar-refractivity contribution in [2.75, 3.05) is 12.3 Å². The molecule has 0 saturated carbocycles. The van der Waals surface area contributed by atoms with E-state index >= 15 is 0 Å². The molecule has 4 heteroatoms. The monoisotopic (exact) mass is 239 g/mol. The number of ketones is 1. The van der Waals surface area contributed by atoms with Gasteiger partial charge in [-0.1, -0.05) is 13.8 Å². The fraction of sp³-hybridized carbons (Fsp3) is 0.667. The van der Waals surface area contributed by atoms with Gasteiger partial charge in [-0.05, 0) is 19.8 Å². The van der Waals surface area contributed by atoms with Crippen molar-refractivity contribution >= 4 is 23.5 Å². The van der Waals surface area contributed by atoms with E-state index in [4.69, 9.17) is 0 Å². The predicted molar refractivity (Wildman–Crippen MR) is 64.9 cm³/mol. The van der Waals surface area contributed by atoms with Crippen LogP contribution in [0.2, 0.25) is 0 Å². The summed E-state index contributed by atoms with van der Waals surface area (Å²) in [5.41, 5.74) is 0.00387. The zero-order chi connectivity index (χ0) is 11.9. The maximum atomic E-state index is 12.4. The van der Waals surface area contributed by atoms with Gasteiger partial charge in [0.15, 0.2) is 5.78 Å². The molecule has 0 unspecified atom stereocenters. The van der Waals surface area contributed by atoms with E-state index in [9.17, 15) is 9.59 Å². The van der Waals surface area contributed by atoms with Crippen LogP contribution < -0.4 is 0 Å². The number of fused-ring (bicyclic) bond motifs is 1. The standard InChI is InChI=1S/C12H17NO2S/c1-4-12(5-2)9(14)8(3)10-13(11(12)15)6-7-16-10/h4-7H2,1-3H3. The highest BCUT2D eigenvalue weighted by Crippen LogP contribution is 2.44. The van der Waals surface area contributed by atoms with Gasteiger partial charge in [-0.2, -0.15) is 0 Å². The molecule has 0 radical (unpaired) electrons. The second-order valence-corrected chi connectivity index (χ2v) is 5.44. The van der Waals surface area contributed by atoms with Crippen LogP contribution in [0.4, 0.5) is 0 Å². The van der Waals surface area contributed by atoms with Gasteiger partial charge < -0.3 is 4.90 Å². The highest BCUT2D eigenvalue weighted by atomic mass is 32.2. The number of Topliss-reactive ketones (excluding diaryl/α,β-unsaturated/α-hetero) is 1. The van der Waals surface area contributed by atoms with Crippen LogP contribution in [0.25, 0.3) is 0 Å². The molecule has 1 fully saturated rings. The van der Waals surface area contributed by atoms with E-state index < -0.39 is 5.41 Å². The van der Waals surface area contributed by atoms with Gasteiger partial charge in [0.25, 0.3) is 0 Å². The number of nitrogens with zero attached hydrogens (tertiary/aromatic N) is 1. The first kappa shape index (κ1) is 11.7. The Balaban J connectivity index is 2.55. The molecule has 88 valence electrons. The molecule has 0 atom stereocenters. The number of rotatable bonds is 2. The van der Waals surface area contributed by atoms with Crippen LogP contribution in [0.1, 0.15) is 33.6 Å². The molecule has 3 nitrogen and oxygen atoms in total. The van der Waals surface area contributed by atoms with Gasteiger partial charge in [0.05, 0.1) is 5.03 Å². The van der Waals surface area contributed by atoms with E-state index in [1.165, 1.54) is 0 Å². The molecule has 0 spiro atoms. The Morgan fingerprint density at radius 1 is 1.31 bits per heavy atom. The first-order chi connectivity index (χ1) is 7.58. The molecule has 0 bridgehead atoms. The molecule has 1 saturated heterocycles. The molecule has 0 N–H and O–H groups in total. The van der Waals surface area contributed by atoms with E-state index in [0.717, 1.165) is 22.9 Å².